The second-order valence-corrected chi connectivity index (χ2v) is 4.97. The molecule has 3 N–H and O–H groups in total. The van der Waals surface area contributed by atoms with E-state index in [-0.39, 0.29) is 6.61 Å². The maximum Gasteiger partial charge on any atom is 0.0934 e. The molecule has 0 fully saturated rings. The van der Waals surface area contributed by atoms with Crippen LogP contribution in [0, 0.1) is 0 Å². The van der Waals surface area contributed by atoms with E-state index in [0.717, 1.165) is 22.7 Å². The van der Waals surface area contributed by atoms with Crippen LogP contribution in [0.2, 0.25) is 4.34 Å². The Morgan fingerprint density at radius 1 is 1.75 bits per heavy atom. The summed E-state index contributed by atoms with van der Waals surface area (Å²) in [5, 5.41) is 9.12. The molecule has 0 saturated heterocycles. The number of thiophene rings is 1. The van der Waals surface area contributed by atoms with E-state index in [9.17, 15) is 0 Å². The van der Waals surface area contributed by atoms with Crippen molar-refractivity contribution in [2.24, 2.45) is 5.73 Å². The Morgan fingerprint density at radius 3 is 3.17 bits per heavy atom. The summed E-state index contributed by atoms with van der Waals surface area (Å²) in [5.74, 6) is 0. The first kappa shape index (κ1) is 8.51. The van der Waals surface area contributed by atoms with Crippen molar-refractivity contribution < 1.29 is 5.11 Å². The Morgan fingerprint density at radius 2 is 2.50 bits per heavy atom. The van der Waals surface area contributed by atoms with Crippen LogP contribution < -0.4 is 5.73 Å². The minimum atomic E-state index is -0.529. The predicted molar refractivity (Wildman–Crippen MR) is 50.6 cm³/mol. The molecule has 1 heterocycles. The van der Waals surface area contributed by atoms with Crippen molar-refractivity contribution in [3.05, 3.63) is 20.8 Å². The van der Waals surface area contributed by atoms with Gasteiger partial charge in [-0.15, -0.1) is 11.3 Å². The third-order valence-electron chi connectivity index (χ3n) is 2.40. The van der Waals surface area contributed by atoms with Gasteiger partial charge in [0.1, 0.15) is 0 Å². The lowest BCUT2D eigenvalue weighted by molar-refractivity contribution is 0.197. The monoisotopic (exact) mass is 203 g/mol. The van der Waals surface area contributed by atoms with E-state index in [4.69, 9.17) is 22.4 Å². The SMILES string of the molecule is NC1(CO)CCc2sc(Cl)cc21. The van der Waals surface area contributed by atoms with Crippen LogP contribution in [-0.2, 0) is 12.0 Å². The molecule has 1 aliphatic carbocycles. The van der Waals surface area contributed by atoms with E-state index >= 15 is 0 Å². The lowest BCUT2D eigenvalue weighted by atomic mass is 9.96. The number of fused-ring (bicyclic) bond motifs is 1. The van der Waals surface area contributed by atoms with E-state index in [0.29, 0.717) is 0 Å². The minimum absolute atomic E-state index is 0.00701. The first-order valence-electron chi connectivity index (χ1n) is 3.84. The van der Waals surface area contributed by atoms with Crippen molar-refractivity contribution in [2.75, 3.05) is 6.61 Å². The third-order valence-corrected chi connectivity index (χ3v) is 3.72. The van der Waals surface area contributed by atoms with Gasteiger partial charge in [-0.3, -0.25) is 0 Å². The number of hydrogen-bond acceptors (Lipinski definition) is 3. The number of aliphatic hydroxyl groups is 1. The Hall–Kier alpha value is -0.0900. The number of rotatable bonds is 1. The quantitative estimate of drug-likeness (QED) is 0.727. The molecule has 1 atom stereocenters. The molecule has 0 spiro atoms. The van der Waals surface area contributed by atoms with Gasteiger partial charge in [0.05, 0.1) is 16.5 Å². The van der Waals surface area contributed by atoms with Gasteiger partial charge in [0.15, 0.2) is 0 Å². The summed E-state index contributed by atoms with van der Waals surface area (Å²) < 4.78 is 0.767. The third kappa shape index (κ3) is 1.09. The summed E-state index contributed by atoms with van der Waals surface area (Å²) in [4.78, 5) is 1.23. The zero-order chi connectivity index (χ0) is 8.77. The van der Waals surface area contributed by atoms with Crippen molar-refractivity contribution in [3.8, 4) is 0 Å². The minimum Gasteiger partial charge on any atom is -0.394 e. The molecular weight excluding hydrogens is 194 g/mol. The molecule has 0 amide bonds. The molecule has 1 unspecified atom stereocenters. The first-order valence-corrected chi connectivity index (χ1v) is 5.03. The second kappa shape index (κ2) is 2.70. The standard InChI is InChI=1S/C8H10ClNOS/c9-7-3-5-6(12-7)1-2-8(5,10)4-11/h3,11H,1-2,4,10H2. The summed E-state index contributed by atoms with van der Waals surface area (Å²) in [6, 6.07) is 1.88. The highest BCUT2D eigenvalue weighted by molar-refractivity contribution is 7.16. The Kier molecular flexibility index (Phi) is 1.92. The molecule has 0 bridgehead atoms. The van der Waals surface area contributed by atoms with Gasteiger partial charge in [-0.05, 0) is 24.5 Å². The van der Waals surface area contributed by atoms with Crippen molar-refractivity contribution in [1.29, 1.82) is 0 Å². The fourth-order valence-corrected chi connectivity index (χ4v) is 3.02. The van der Waals surface area contributed by atoms with Gasteiger partial charge in [0.25, 0.3) is 0 Å². The van der Waals surface area contributed by atoms with E-state index in [1.807, 2.05) is 6.07 Å². The summed E-state index contributed by atoms with van der Waals surface area (Å²) in [6.07, 6.45) is 1.78. The Bertz CT molecular complexity index is 312. The largest absolute Gasteiger partial charge is 0.394 e. The van der Waals surface area contributed by atoms with Crippen molar-refractivity contribution >= 4 is 22.9 Å². The van der Waals surface area contributed by atoms with E-state index < -0.39 is 5.54 Å². The highest BCUT2D eigenvalue weighted by Crippen LogP contribution is 2.41. The first-order chi connectivity index (χ1) is 5.65. The Balaban J connectivity index is 2.47. The molecule has 66 valence electrons. The fourth-order valence-electron chi connectivity index (χ4n) is 1.64. The number of aliphatic hydroxyl groups excluding tert-OH is 1. The average Bonchev–Trinajstić information content (AvgIpc) is 2.53. The molecule has 1 aromatic heterocycles. The van der Waals surface area contributed by atoms with Gasteiger partial charge >= 0.3 is 0 Å². The molecule has 2 rings (SSSR count). The highest BCUT2D eigenvalue weighted by Gasteiger charge is 2.35. The lowest BCUT2D eigenvalue weighted by Crippen LogP contribution is -2.37. The molecule has 0 radical (unpaired) electrons. The second-order valence-electron chi connectivity index (χ2n) is 3.20. The van der Waals surface area contributed by atoms with Crippen LogP contribution in [0.1, 0.15) is 16.9 Å². The molecule has 4 heteroatoms. The predicted octanol–water partition coefficient (Wildman–Crippen LogP) is 1.49. The molecular formula is C8H10ClNOS. The van der Waals surface area contributed by atoms with Gasteiger partial charge in [-0.2, -0.15) is 0 Å². The molecule has 12 heavy (non-hydrogen) atoms. The molecule has 0 saturated carbocycles. The zero-order valence-electron chi connectivity index (χ0n) is 6.51. The number of aryl methyl sites for hydroxylation is 1. The van der Waals surface area contributed by atoms with E-state index in [1.165, 1.54) is 4.88 Å². The van der Waals surface area contributed by atoms with Gasteiger partial charge in [0.2, 0.25) is 0 Å². The summed E-state index contributed by atoms with van der Waals surface area (Å²) in [7, 11) is 0. The van der Waals surface area contributed by atoms with Gasteiger partial charge in [-0.25, -0.2) is 0 Å². The van der Waals surface area contributed by atoms with Crippen LogP contribution in [-0.4, -0.2) is 11.7 Å². The van der Waals surface area contributed by atoms with Crippen LogP contribution in [0.15, 0.2) is 6.07 Å². The zero-order valence-corrected chi connectivity index (χ0v) is 8.08. The van der Waals surface area contributed by atoms with Crippen molar-refractivity contribution in [2.45, 2.75) is 18.4 Å². The van der Waals surface area contributed by atoms with Crippen LogP contribution in [0.25, 0.3) is 0 Å². The maximum absolute atomic E-state index is 9.12. The maximum atomic E-state index is 9.12. The number of hydrogen-bond donors (Lipinski definition) is 2. The molecule has 0 aliphatic heterocycles. The van der Waals surface area contributed by atoms with Crippen LogP contribution in [0.4, 0.5) is 0 Å². The highest BCUT2D eigenvalue weighted by atomic mass is 35.5. The smallest absolute Gasteiger partial charge is 0.0934 e. The summed E-state index contributed by atoms with van der Waals surface area (Å²) in [6.45, 7) is 0.00701. The number of halogens is 1. The van der Waals surface area contributed by atoms with Crippen molar-refractivity contribution in [1.82, 2.24) is 0 Å². The summed E-state index contributed by atoms with van der Waals surface area (Å²) >= 11 is 7.41. The average molecular weight is 204 g/mol. The molecule has 1 aromatic rings. The number of nitrogens with two attached hydrogens (primary N) is 1. The van der Waals surface area contributed by atoms with Gasteiger partial charge in [0, 0.05) is 4.88 Å². The lowest BCUT2D eigenvalue weighted by Gasteiger charge is -2.20. The van der Waals surface area contributed by atoms with Crippen LogP contribution in [0.3, 0.4) is 0 Å². The topological polar surface area (TPSA) is 46.2 Å². The fraction of sp³-hybridized carbons (Fsp3) is 0.500. The molecule has 1 aliphatic rings. The van der Waals surface area contributed by atoms with Crippen molar-refractivity contribution in [3.63, 3.8) is 0 Å². The molecule has 2 nitrogen and oxygen atoms in total. The van der Waals surface area contributed by atoms with Crippen LogP contribution >= 0.6 is 22.9 Å². The van der Waals surface area contributed by atoms with E-state index in [1.54, 1.807) is 11.3 Å². The summed E-state index contributed by atoms with van der Waals surface area (Å²) in [5.41, 5.74) is 6.49. The van der Waals surface area contributed by atoms with Crippen LogP contribution in [0.5, 0.6) is 0 Å². The van der Waals surface area contributed by atoms with E-state index in [2.05, 4.69) is 0 Å². The molecule has 0 aromatic carbocycles. The van der Waals surface area contributed by atoms with Gasteiger partial charge < -0.3 is 10.8 Å². The Labute approximate surface area is 80.0 Å². The normalized spacial score (nSPS) is 27.6. The van der Waals surface area contributed by atoms with Gasteiger partial charge in [-0.1, -0.05) is 11.6 Å².